The molecular weight excluding hydrogens is 266 g/mol. The Morgan fingerprint density at radius 2 is 1.81 bits per heavy atom. The summed E-state index contributed by atoms with van der Waals surface area (Å²) in [5.74, 6) is 0.336. The third-order valence-electron chi connectivity index (χ3n) is 5.56. The van der Waals surface area contributed by atoms with Crippen LogP contribution in [-0.2, 0) is 9.59 Å². The number of carbonyl (C=O) groups is 2. The highest BCUT2D eigenvalue weighted by Gasteiger charge is 2.38. The molecular formula is C16H27N3O2. The van der Waals surface area contributed by atoms with Gasteiger partial charge in [0.2, 0.25) is 11.8 Å². The first kappa shape index (κ1) is 14.8. The van der Waals surface area contributed by atoms with Crippen molar-refractivity contribution in [1.29, 1.82) is 0 Å². The number of likely N-dealkylation sites (tertiary alicyclic amines) is 1. The van der Waals surface area contributed by atoms with E-state index in [2.05, 4.69) is 5.32 Å². The fraction of sp³-hybridized carbons (Fsp3) is 0.875. The first-order valence-electron chi connectivity index (χ1n) is 8.33. The molecule has 1 N–H and O–H groups in total. The Hall–Kier alpha value is -1.10. The summed E-state index contributed by atoms with van der Waals surface area (Å²) in [6.45, 7) is 3.01. The maximum Gasteiger partial charge on any atom is 0.227 e. The smallest absolute Gasteiger partial charge is 0.227 e. The number of hydrogen-bond acceptors (Lipinski definition) is 3. The van der Waals surface area contributed by atoms with Crippen molar-refractivity contribution < 1.29 is 9.59 Å². The van der Waals surface area contributed by atoms with Crippen molar-refractivity contribution in [3.8, 4) is 0 Å². The van der Waals surface area contributed by atoms with Crippen LogP contribution < -0.4 is 5.32 Å². The molecule has 2 amide bonds. The molecule has 3 unspecified atom stereocenters. The molecule has 0 aliphatic carbocycles. The van der Waals surface area contributed by atoms with E-state index in [0.29, 0.717) is 24.7 Å². The summed E-state index contributed by atoms with van der Waals surface area (Å²) in [5, 5.41) is 3.62. The van der Waals surface area contributed by atoms with Crippen LogP contribution in [0.5, 0.6) is 0 Å². The third-order valence-corrected chi connectivity index (χ3v) is 5.56. The van der Waals surface area contributed by atoms with Crippen LogP contribution in [0.4, 0.5) is 0 Å². The molecule has 0 spiro atoms. The Morgan fingerprint density at radius 3 is 2.43 bits per heavy atom. The van der Waals surface area contributed by atoms with Crippen LogP contribution >= 0.6 is 0 Å². The number of amides is 2. The lowest BCUT2D eigenvalue weighted by molar-refractivity contribution is -0.141. The second kappa shape index (κ2) is 5.95. The van der Waals surface area contributed by atoms with Crippen LogP contribution in [0.3, 0.4) is 0 Å². The minimum atomic E-state index is 0.000175. The van der Waals surface area contributed by atoms with Crippen LogP contribution in [0.1, 0.15) is 45.4 Å². The van der Waals surface area contributed by atoms with Crippen LogP contribution in [0, 0.1) is 5.92 Å². The van der Waals surface area contributed by atoms with E-state index in [1.807, 2.05) is 16.8 Å². The first-order valence-corrected chi connectivity index (χ1v) is 8.33. The van der Waals surface area contributed by atoms with E-state index >= 15 is 0 Å². The summed E-state index contributed by atoms with van der Waals surface area (Å²) in [7, 11) is 1.96. The van der Waals surface area contributed by atoms with Crippen molar-refractivity contribution in [2.45, 2.75) is 63.6 Å². The summed E-state index contributed by atoms with van der Waals surface area (Å²) >= 11 is 0. The van der Waals surface area contributed by atoms with Crippen LogP contribution in [0.15, 0.2) is 0 Å². The maximum atomic E-state index is 12.8. The minimum Gasteiger partial charge on any atom is -0.342 e. The molecule has 5 nitrogen and oxygen atoms in total. The highest BCUT2D eigenvalue weighted by atomic mass is 16.2. The van der Waals surface area contributed by atoms with Gasteiger partial charge in [-0.1, -0.05) is 0 Å². The van der Waals surface area contributed by atoms with E-state index < -0.39 is 0 Å². The molecule has 3 atom stereocenters. The van der Waals surface area contributed by atoms with Gasteiger partial charge in [-0.15, -0.1) is 0 Å². The Labute approximate surface area is 127 Å². The van der Waals surface area contributed by atoms with Gasteiger partial charge in [0.15, 0.2) is 0 Å². The Balaban J connectivity index is 1.60. The molecule has 0 aromatic heterocycles. The van der Waals surface area contributed by atoms with E-state index in [9.17, 15) is 9.59 Å². The van der Waals surface area contributed by atoms with E-state index in [1.165, 1.54) is 12.8 Å². The Bertz CT molecular complexity index is 414. The zero-order chi connectivity index (χ0) is 15.0. The van der Waals surface area contributed by atoms with Gasteiger partial charge in [-0.25, -0.2) is 0 Å². The molecule has 3 rings (SSSR count). The number of nitrogens with zero attached hydrogens (tertiary/aromatic N) is 2. The second-order valence-corrected chi connectivity index (χ2v) is 7.02. The molecule has 21 heavy (non-hydrogen) atoms. The number of nitrogens with one attached hydrogen (secondary N) is 1. The lowest BCUT2D eigenvalue weighted by Gasteiger charge is -2.39. The maximum absolute atomic E-state index is 12.8. The predicted octanol–water partition coefficient (Wildman–Crippen LogP) is 0.986. The fourth-order valence-corrected chi connectivity index (χ4v) is 4.28. The molecule has 5 heteroatoms. The zero-order valence-corrected chi connectivity index (χ0v) is 13.2. The number of fused-ring (bicyclic) bond motifs is 2. The van der Waals surface area contributed by atoms with Crippen molar-refractivity contribution in [2.75, 3.05) is 20.1 Å². The quantitative estimate of drug-likeness (QED) is 0.826. The van der Waals surface area contributed by atoms with Gasteiger partial charge in [-0.3, -0.25) is 9.59 Å². The number of rotatable bonds is 2. The summed E-state index contributed by atoms with van der Waals surface area (Å²) in [4.78, 5) is 28.1. The van der Waals surface area contributed by atoms with Crippen molar-refractivity contribution in [3.63, 3.8) is 0 Å². The van der Waals surface area contributed by atoms with Crippen molar-refractivity contribution in [1.82, 2.24) is 15.1 Å². The number of hydrogen-bond donors (Lipinski definition) is 1. The SMILES string of the molecule is CC(=O)N1CCCC(C(=O)N(C)C2CC3CCC(C2)N3)C1. The van der Waals surface area contributed by atoms with Gasteiger partial charge in [0.05, 0.1) is 5.92 Å². The topological polar surface area (TPSA) is 52.7 Å². The van der Waals surface area contributed by atoms with Gasteiger partial charge in [0.25, 0.3) is 0 Å². The standard InChI is InChI=1S/C16H27N3O2/c1-11(20)19-7-3-4-12(10-19)16(21)18(2)15-8-13-5-6-14(9-15)17-13/h12-15,17H,3-10H2,1-2H3. The molecule has 3 aliphatic heterocycles. The van der Waals surface area contributed by atoms with Crippen molar-refractivity contribution in [3.05, 3.63) is 0 Å². The van der Waals surface area contributed by atoms with Gasteiger partial charge >= 0.3 is 0 Å². The monoisotopic (exact) mass is 293 g/mol. The molecule has 0 radical (unpaired) electrons. The van der Waals surface area contributed by atoms with Gasteiger partial charge in [-0.2, -0.15) is 0 Å². The molecule has 118 valence electrons. The second-order valence-electron chi connectivity index (χ2n) is 7.02. The Morgan fingerprint density at radius 1 is 1.14 bits per heavy atom. The third kappa shape index (κ3) is 3.07. The van der Waals surface area contributed by atoms with Crippen LogP contribution in [-0.4, -0.2) is 59.9 Å². The Kier molecular flexibility index (Phi) is 4.20. The largest absolute Gasteiger partial charge is 0.342 e. The highest BCUT2D eigenvalue weighted by Crippen LogP contribution is 2.30. The molecule has 3 aliphatic rings. The van der Waals surface area contributed by atoms with E-state index in [4.69, 9.17) is 0 Å². The molecule has 0 aromatic rings. The normalized spacial score (nSPS) is 35.6. The minimum absolute atomic E-state index is 0.000175. The number of carbonyl (C=O) groups excluding carboxylic acids is 2. The lowest BCUT2D eigenvalue weighted by Crippen LogP contribution is -2.52. The van der Waals surface area contributed by atoms with E-state index in [1.54, 1.807) is 6.92 Å². The summed E-state index contributed by atoms with van der Waals surface area (Å²) in [5.41, 5.74) is 0. The summed E-state index contributed by atoms with van der Waals surface area (Å²) in [6, 6.07) is 1.58. The molecule has 3 saturated heterocycles. The van der Waals surface area contributed by atoms with Gasteiger partial charge in [0, 0.05) is 45.2 Å². The molecule has 3 heterocycles. The number of piperidine rings is 2. The molecule has 3 fully saturated rings. The summed E-state index contributed by atoms with van der Waals surface area (Å²) < 4.78 is 0. The highest BCUT2D eigenvalue weighted by molar-refractivity contribution is 5.81. The van der Waals surface area contributed by atoms with Crippen LogP contribution in [0.25, 0.3) is 0 Å². The van der Waals surface area contributed by atoms with Crippen molar-refractivity contribution >= 4 is 11.8 Å². The molecule has 0 saturated carbocycles. The predicted molar refractivity (Wildman–Crippen MR) is 80.7 cm³/mol. The molecule has 0 aromatic carbocycles. The van der Waals surface area contributed by atoms with Gasteiger partial charge in [-0.05, 0) is 38.5 Å². The van der Waals surface area contributed by atoms with E-state index in [-0.39, 0.29) is 17.7 Å². The summed E-state index contributed by atoms with van der Waals surface area (Å²) in [6.07, 6.45) is 6.55. The fourth-order valence-electron chi connectivity index (χ4n) is 4.28. The van der Waals surface area contributed by atoms with E-state index in [0.717, 1.165) is 32.2 Å². The first-order chi connectivity index (χ1) is 10.0. The van der Waals surface area contributed by atoms with Crippen molar-refractivity contribution in [2.24, 2.45) is 5.92 Å². The average molecular weight is 293 g/mol. The van der Waals surface area contributed by atoms with Gasteiger partial charge in [0.1, 0.15) is 0 Å². The lowest BCUT2D eigenvalue weighted by atomic mass is 9.93. The molecule has 2 bridgehead atoms. The van der Waals surface area contributed by atoms with Crippen LogP contribution in [0.2, 0.25) is 0 Å². The zero-order valence-electron chi connectivity index (χ0n) is 13.2. The van der Waals surface area contributed by atoms with Gasteiger partial charge < -0.3 is 15.1 Å². The average Bonchev–Trinajstić information content (AvgIpc) is 2.84.